The fourth-order valence-corrected chi connectivity index (χ4v) is 3.37. The molecule has 1 amide bonds. The van der Waals surface area contributed by atoms with E-state index in [0.29, 0.717) is 22.6 Å². The number of rotatable bonds is 2. The van der Waals surface area contributed by atoms with Crippen molar-refractivity contribution in [1.29, 1.82) is 0 Å². The van der Waals surface area contributed by atoms with E-state index >= 15 is 0 Å². The lowest BCUT2D eigenvalue weighted by molar-refractivity contribution is -0.114. The molecule has 0 radical (unpaired) electrons. The normalized spacial score (nSPS) is 15.4. The molecule has 1 aliphatic rings. The van der Waals surface area contributed by atoms with Crippen LogP contribution in [0.25, 0.3) is 6.08 Å². The first-order valence-corrected chi connectivity index (χ1v) is 8.07. The maximum absolute atomic E-state index is 13.4. The smallest absolute Gasteiger partial charge is 0.221 e. The third-order valence-corrected chi connectivity index (χ3v) is 4.56. The molecule has 0 fully saturated rings. The van der Waals surface area contributed by atoms with Crippen LogP contribution in [0.5, 0.6) is 0 Å². The van der Waals surface area contributed by atoms with Gasteiger partial charge in [0.2, 0.25) is 5.91 Å². The van der Waals surface area contributed by atoms with E-state index in [1.165, 1.54) is 30.8 Å². The molecule has 0 saturated heterocycles. The minimum Gasteiger partial charge on any atom is -0.326 e. The predicted octanol–water partition coefficient (Wildman–Crippen LogP) is 4.16. The minimum atomic E-state index is -0.404. The van der Waals surface area contributed by atoms with E-state index in [1.807, 2.05) is 12.1 Å². The molecular formula is C18H14FNO2S. The Hall–Kier alpha value is -2.40. The molecule has 2 aromatic rings. The summed E-state index contributed by atoms with van der Waals surface area (Å²) in [6, 6.07) is 11.5. The summed E-state index contributed by atoms with van der Waals surface area (Å²) in [6.45, 7) is 1.45. The van der Waals surface area contributed by atoms with Gasteiger partial charge in [-0.05, 0) is 42.0 Å². The lowest BCUT2D eigenvalue weighted by Crippen LogP contribution is -2.12. The molecule has 0 bridgehead atoms. The Kier molecular flexibility index (Phi) is 4.30. The molecule has 5 heteroatoms. The number of hydrogen-bond donors (Lipinski definition) is 1. The number of nitrogens with one attached hydrogen (secondary N) is 1. The van der Waals surface area contributed by atoms with Gasteiger partial charge in [0.05, 0.1) is 0 Å². The number of amides is 1. The summed E-state index contributed by atoms with van der Waals surface area (Å²) < 4.78 is 13.4. The van der Waals surface area contributed by atoms with Crippen molar-refractivity contribution < 1.29 is 14.0 Å². The molecule has 116 valence electrons. The number of thioether (sulfide) groups is 1. The topological polar surface area (TPSA) is 46.2 Å². The summed E-state index contributed by atoms with van der Waals surface area (Å²) in [4.78, 5) is 24.3. The zero-order valence-corrected chi connectivity index (χ0v) is 13.2. The lowest BCUT2D eigenvalue weighted by atomic mass is 10.0. The van der Waals surface area contributed by atoms with Crippen LogP contribution < -0.4 is 5.32 Å². The molecule has 0 unspecified atom stereocenters. The largest absolute Gasteiger partial charge is 0.326 e. The molecule has 0 saturated carbocycles. The van der Waals surface area contributed by atoms with E-state index in [9.17, 15) is 14.0 Å². The number of Topliss-reactive ketones (excluding diaryl/α,β-unsaturated/α-hetero) is 1. The number of anilines is 1. The average Bonchev–Trinajstić information content (AvgIpc) is 2.52. The van der Waals surface area contributed by atoms with Gasteiger partial charge < -0.3 is 5.32 Å². The molecule has 1 heterocycles. The number of hydrogen-bond acceptors (Lipinski definition) is 3. The Labute approximate surface area is 137 Å². The fraction of sp³-hybridized carbons (Fsp3) is 0.111. The van der Waals surface area contributed by atoms with Gasteiger partial charge in [0, 0.05) is 34.4 Å². The van der Waals surface area contributed by atoms with E-state index < -0.39 is 5.82 Å². The summed E-state index contributed by atoms with van der Waals surface area (Å²) in [6.07, 6.45) is 1.81. The SMILES string of the molecule is CC(=O)Nc1ccc(/C=C2/CSc3ccc(F)cc3C2=O)cc1. The van der Waals surface area contributed by atoms with Gasteiger partial charge in [0.1, 0.15) is 5.82 Å². The molecular weight excluding hydrogens is 313 g/mol. The molecule has 0 aliphatic carbocycles. The van der Waals surface area contributed by atoms with Gasteiger partial charge in [0.15, 0.2) is 5.78 Å². The molecule has 1 aliphatic heterocycles. The van der Waals surface area contributed by atoms with Gasteiger partial charge >= 0.3 is 0 Å². The quantitative estimate of drug-likeness (QED) is 0.843. The van der Waals surface area contributed by atoms with Crippen LogP contribution in [0.1, 0.15) is 22.8 Å². The first-order valence-electron chi connectivity index (χ1n) is 7.08. The molecule has 0 aromatic heterocycles. The van der Waals surface area contributed by atoms with E-state index in [4.69, 9.17) is 0 Å². The van der Waals surface area contributed by atoms with Crippen molar-refractivity contribution in [2.75, 3.05) is 11.1 Å². The van der Waals surface area contributed by atoms with Gasteiger partial charge in [-0.1, -0.05) is 12.1 Å². The van der Waals surface area contributed by atoms with E-state index in [2.05, 4.69) is 5.32 Å². The van der Waals surface area contributed by atoms with Crippen molar-refractivity contribution in [2.45, 2.75) is 11.8 Å². The van der Waals surface area contributed by atoms with Crippen molar-refractivity contribution in [3.05, 3.63) is 65.0 Å². The first-order chi connectivity index (χ1) is 11.0. The average molecular weight is 327 g/mol. The Morgan fingerprint density at radius 3 is 2.65 bits per heavy atom. The summed E-state index contributed by atoms with van der Waals surface area (Å²) in [5.74, 6) is -0.110. The van der Waals surface area contributed by atoms with Crippen molar-refractivity contribution in [2.24, 2.45) is 0 Å². The van der Waals surface area contributed by atoms with Crippen LogP contribution in [0.4, 0.5) is 10.1 Å². The highest BCUT2D eigenvalue weighted by atomic mass is 32.2. The minimum absolute atomic E-state index is 0.131. The van der Waals surface area contributed by atoms with Gasteiger partial charge in [-0.15, -0.1) is 11.8 Å². The van der Waals surface area contributed by atoms with Crippen LogP contribution in [-0.4, -0.2) is 17.4 Å². The standard InChI is InChI=1S/C18H14FNO2S/c1-11(21)20-15-5-2-12(3-6-15)8-13-10-23-17-7-4-14(19)9-16(17)18(13)22/h2-9H,10H2,1H3,(H,20,21)/b13-8-. The highest BCUT2D eigenvalue weighted by molar-refractivity contribution is 7.99. The molecule has 23 heavy (non-hydrogen) atoms. The number of benzene rings is 2. The van der Waals surface area contributed by atoms with Crippen LogP contribution in [0.2, 0.25) is 0 Å². The van der Waals surface area contributed by atoms with Gasteiger partial charge in [-0.25, -0.2) is 4.39 Å². The number of carbonyl (C=O) groups excluding carboxylic acids is 2. The second kappa shape index (κ2) is 6.38. The molecule has 1 N–H and O–H groups in total. The van der Waals surface area contributed by atoms with Crippen molar-refractivity contribution in [3.8, 4) is 0 Å². The van der Waals surface area contributed by atoms with Crippen molar-refractivity contribution in [3.63, 3.8) is 0 Å². The van der Waals surface area contributed by atoms with Gasteiger partial charge in [-0.2, -0.15) is 0 Å². The third-order valence-electron chi connectivity index (χ3n) is 3.43. The number of carbonyl (C=O) groups is 2. The fourth-order valence-electron chi connectivity index (χ4n) is 2.37. The maximum Gasteiger partial charge on any atom is 0.221 e. The molecule has 0 atom stereocenters. The number of ketones is 1. The Morgan fingerprint density at radius 2 is 1.96 bits per heavy atom. The van der Waals surface area contributed by atoms with Crippen LogP contribution in [0, 0.1) is 5.82 Å². The second-order valence-electron chi connectivity index (χ2n) is 5.23. The number of fused-ring (bicyclic) bond motifs is 1. The Bertz CT molecular complexity index is 812. The Morgan fingerprint density at radius 1 is 1.22 bits per heavy atom. The van der Waals surface area contributed by atoms with E-state index in [1.54, 1.807) is 24.3 Å². The molecule has 3 rings (SSSR count). The molecule has 0 spiro atoms. The molecule has 2 aromatic carbocycles. The predicted molar refractivity (Wildman–Crippen MR) is 90.2 cm³/mol. The van der Waals surface area contributed by atoms with E-state index in [-0.39, 0.29) is 11.7 Å². The summed E-state index contributed by atoms with van der Waals surface area (Å²) in [5.41, 5.74) is 2.63. The second-order valence-corrected chi connectivity index (χ2v) is 6.25. The third kappa shape index (κ3) is 3.51. The summed E-state index contributed by atoms with van der Waals surface area (Å²) in [7, 11) is 0. The van der Waals surface area contributed by atoms with Gasteiger partial charge in [-0.3, -0.25) is 9.59 Å². The van der Waals surface area contributed by atoms with Crippen LogP contribution in [-0.2, 0) is 4.79 Å². The highest BCUT2D eigenvalue weighted by Gasteiger charge is 2.22. The summed E-state index contributed by atoms with van der Waals surface area (Å²) >= 11 is 1.53. The van der Waals surface area contributed by atoms with Gasteiger partial charge in [0.25, 0.3) is 0 Å². The summed E-state index contributed by atoms with van der Waals surface area (Å²) in [5, 5.41) is 2.69. The van der Waals surface area contributed by atoms with Crippen LogP contribution in [0.3, 0.4) is 0 Å². The van der Waals surface area contributed by atoms with E-state index in [0.717, 1.165) is 10.5 Å². The van der Waals surface area contributed by atoms with Crippen molar-refractivity contribution in [1.82, 2.24) is 0 Å². The maximum atomic E-state index is 13.4. The molecule has 3 nitrogen and oxygen atoms in total. The zero-order valence-electron chi connectivity index (χ0n) is 12.4. The van der Waals surface area contributed by atoms with Crippen LogP contribution >= 0.6 is 11.8 Å². The Balaban J connectivity index is 1.86. The number of halogens is 1. The lowest BCUT2D eigenvalue weighted by Gasteiger charge is -2.17. The van der Waals surface area contributed by atoms with Crippen molar-refractivity contribution >= 4 is 35.2 Å². The monoisotopic (exact) mass is 327 g/mol. The first kappa shape index (κ1) is 15.5. The van der Waals surface area contributed by atoms with Crippen LogP contribution in [0.15, 0.2) is 52.9 Å². The zero-order chi connectivity index (χ0) is 16.4. The highest BCUT2D eigenvalue weighted by Crippen LogP contribution is 2.33.